The summed E-state index contributed by atoms with van der Waals surface area (Å²) in [6, 6.07) is 10.3. The quantitative estimate of drug-likeness (QED) is 0.780. The molecule has 0 heterocycles. The van der Waals surface area contributed by atoms with Crippen LogP contribution in [0.5, 0.6) is 0 Å². The maximum Gasteiger partial charge on any atom is 0.223 e. The second-order valence-corrected chi connectivity index (χ2v) is 6.85. The number of amides is 1. The molecule has 0 aliphatic heterocycles. The van der Waals surface area contributed by atoms with Crippen LogP contribution in [0.15, 0.2) is 30.3 Å². The van der Waals surface area contributed by atoms with Gasteiger partial charge in [-0.05, 0) is 50.0 Å². The Morgan fingerprint density at radius 2 is 2.09 bits per heavy atom. The van der Waals surface area contributed by atoms with E-state index in [1.165, 1.54) is 24.8 Å². The molecule has 3 rings (SSSR count). The highest BCUT2D eigenvalue weighted by molar-refractivity contribution is 5.79. The van der Waals surface area contributed by atoms with Gasteiger partial charge in [0.1, 0.15) is 0 Å². The van der Waals surface area contributed by atoms with E-state index in [1.807, 2.05) is 18.2 Å². The van der Waals surface area contributed by atoms with E-state index >= 15 is 0 Å². The van der Waals surface area contributed by atoms with Crippen molar-refractivity contribution in [3.8, 4) is 0 Å². The van der Waals surface area contributed by atoms with Crippen molar-refractivity contribution in [1.82, 2.24) is 5.32 Å². The lowest BCUT2D eigenvalue weighted by atomic mass is 9.88. The Labute approximate surface area is 133 Å². The maximum absolute atomic E-state index is 12.2. The van der Waals surface area contributed by atoms with Crippen molar-refractivity contribution in [2.45, 2.75) is 45.1 Å². The molecule has 2 fully saturated rings. The number of carbonyl (C=O) groups is 1. The van der Waals surface area contributed by atoms with E-state index in [0.717, 1.165) is 25.3 Å². The minimum Gasteiger partial charge on any atom is -0.374 e. The molecular weight excluding hydrogens is 274 g/mol. The van der Waals surface area contributed by atoms with Gasteiger partial charge < -0.3 is 10.1 Å². The van der Waals surface area contributed by atoms with Gasteiger partial charge in [0.2, 0.25) is 5.91 Å². The van der Waals surface area contributed by atoms with Gasteiger partial charge in [-0.15, -0.1) is 0 Å². The highest BCUT2D eigenvalue weighted by Crippen LogP contribution is 2.48. The summed E-state index contributed by atoms with van der Waals surface area (Å²) in [6.45, 7) is 3.49. The highest BCUT2D eigenvalue weighted by atomic mass is 16.5. The molecule has 0 saturated heterocycles. The Kier molecular flexibility index (Phi) is 5.14. The van der Waals surface area contributed by atoms with Gasteiger partial charge in [-0.25, -0.2) is 0 Å². The standard InChI is InChI=1S/C19H27NO2/c1-14(16-6-3-2-4-7-16)22-11-5-10-20-19(21)18-13-15-8-9-17(18)12-15/h2-4,6-7,14-15,17-18H,5,8-13H2,1H3,(H,20,21). The molecule has 1 N–H and O–H groups in total. The predicted octanol–water partition coefficient (Wildman–Crippen LogP) is 3.71. The third-order valence-electron chi connectivity index (χ3n) is 5.33. The first-order chi connectivity index (χ1) is 10.7. The second-order valence-electron chi connectivity index (χ2n) is 6.85. The molecule has 22 heavy (non-hydrogen) atoms. The number of rotatable bonds is 7. The number of ether oxygens (including phenoxy) is 1. The molecule has 0 aromatic heterocycles. The predicted molar refractivity (Wildman–Crippen MR) is 87.4 cm³/mol. The molecule has 0 radical (unpaired) electrons. The highest BCUT2D eigenvalue weighted by Gasteiger charge is 2.42. The second kappa shape index (κ2) is 7.28. The van der Waals surface area contributed by atoms with E-state index in [9.17, 15) is 4.79 Å². The normalized spacial score (nSPS) is 27.8. The monoisotopic (exact) mass is 301 g/mol. The zero-order valence-electron chi connectivity index (χ0n) is 13.5. The lowest BCUT2D eigenvalue weighted by Gasteiger charge is -2.21. The van der Waals surface area contributed by atoms with Gasteiger partial charge >= 0.3 is 0 Å². The molecule has 1 aromatic carbocycles. The minimum atomic E-state index is 0.113. The molecule has 2 aliphatic carbocycles. The zero-order valence-corrected chi connectivity index (χ0v) is 13.5. The molecular formula is C19H27NO2. The van der Waals surface area contributed by atoms with E-state index in [1.54, 1.807) is 0 Å². The number of hydrogen-bond acceptors (Lipinski definition) is 2. The molecule has 1 amide bonds. The summed E-state index contributed by atoms with van der Waals surface area (Å²) in [4.78, 5) is 12.2. The topological polar surface area (TPSA) is 38.3 Å². The number of benzene rings is 1. The van der Waals surface area contributed by atoms with Gasteiger partial charge in [0.15, 0.2) is 0 Å². The van der Waals surface area contributed by atoms with Crippen molar-refractivity contribution in [3.05, 3.63) is 35.9 Å². The summed E-state index contributed by atoms with van der Waals surface area (Å²) in [7, 11) is 0. The van der Waals surface area contributed by atoms with E-state index in [0.29, 0.717) is 18.4 Å². The van der Waals surface area contributed by atoms with Gasteiger partial charge in [-0.3, -0.25) is 4.79 Å². The van der Waals surface area contributed by atoms with Crippen molar-refractivity contribution in [3.63, 3.8) is 0 Å². The fraction of sp³-hybridized carbons (Fsp3) is 0.632. The molecule has 3 heteroatoms. The molecule has 3 nitrogen and oxygen atoms in total. The lowest BCUT2D eigenvalue weighted by Crippen LogP contribution is -2.34. The summed E-state index contributed by atoms with van der Waals surface area (Å²) in [5.74, 6) is 2.07. The van der Waals surface area contributed by atoms with Crippen molar-refractivity contribution < 1.29 is 9.53 Å². The molecule has 4 unspecified atom stereocenters. The van der Waals surface area contributed by atoms with Crippen LogP contribution < -0.4 is 5.32 Å². The van der Waals surface area contributed by atoms with Crippen LogP contribution in [-0.4, -0.2) is 19.1 Å². The third kappa shape index (κ3) is 3.70. The van der Waals surface area contributed by atoms with Crippen LogP contribution in [-0.2, 0) is 9.53 Å². The molecule has 0 spiro atoms. The number of carbonyl (C=O) groups excluding carboxylic acids is 1. The van der Waals surface area contributed by atoms with Crippen molar-refractivity contribution in [1.29, 1.82) is 0 Å². The Morgan fingerprint density at radius 3 is 2.77 bits per heavy atom. The van der Waals surface area contributed by atoms with E-state index in [4.69, 9.17) is 4.74 Å². The van der Waals surface area contributed by atoms with Crippen LogP contribution >= 0.6 is 0 Å². The molecule has 2 bridgehead atoms. The van der Waals surface area contributed by atoms with Gasteiger partial charge in [0, 0.05) is 19.1 Å². The van der Waals surface area contributed by atoms with Gasteiger partial charge in [-0.2, -0.15) is 0 Å². The maximum atomic E-state index is 12.2. The van der Waals surface area contributed by atoms with Gasteiger partial charge in [-0.1, -0.05) is 36.8 Å². The number of nitrogens with one attached hydrogen (secondary N) is 1. The number of fused-ring (bicyclic) bond motifs is 2. The fourth-order valence-electron chi connectivity index (χ4n) is 4.06. The SMILES string of the molecule is CC(OCCCNC(=O)C1CC2CCC1C2)c1ccccc1. The first-order valence-corrected chi connectivity index (χ1v) is 8.68. The van der Waals surface area contributed by atoms with Crippen LogP contribution in [0.2, 0.25) is 0 Å². The first-order valence-electron chi connectivity index (χ1n) is 8.68. The molecule has 120 valence electrons. The largest absolute Gasteiger partial charge is 0.374 e. The lowest BCUT2D eigenvalue weighted by molar-refractivity contribution is -0.126. The van der Waals surface area contributed by atoms with E-state index in [-0.39, 0.29) is 12.0 Å². The summed E-state index contributed by atoms with van der Waals surface area (Å²) < 4.78 is 5.83. The molecule has 1 aromatic rings. The molecule has 2 aliphatic rings. The Balaban J connectivity index is 1.30. The summed E-state index contributed by atoms with van der Waals surface area (Å²) in [5, 5.41) is 3.10. The van der Waals surface area contributed by atoms with E-state index in [2.05, 4.69) is 24.4 Å². The van der Waals surface area contributed by atoms with Crippen LogP contribution in [0.25, 0.3) is 0 Å². The molecule has 2 saturated carbocycles. The van der Waals surface area contributed by atoms with Crippen molar-refractivity contribution >= 4 is 5.91 Å². The fourth-order valence-corrected chi connectivity index (χ4v) is 4.06. The van der Waals surface area contributed by atoms with Crippen LogP contribution in [0.4, 0.5) is 0 Å². The Morgan fingerprint density at radius 1 is 1.27 bits per heavy atom. The van der Waals surface area contributed by atoms with Gasteiger partial charge in [0.05, 0.1) is 6.10 Å². The Hall–Kier alpha value is -1.35. The van der Waals surface area contributed by atoms with Gasteiger partial charge in [0.25, 0.3) is 0 Å². The van der Waals surface area contributed by atoms with Crippen molar-refractivity contribution in [2.24, 2.45) is 17.8 Å². The van der Waals surface area contributed by atoms with Crippen LogP contribution in [0.3, 0.4) is 0 Å². The summed E-state index contributed by atoms with van der Waals surface area (Å²) in [5.41, 5.74) is 1.20. The smallest absolute Gasteiger partial charge is 0.223 e. The first kappa shape index (κ1) is 15.5. The summed E-state index contributed by atoms with van der Waals surface area (Å²) in [6.07, 6.45) is 6.01. The average Bonchev–Trinajstić information content (AvgIpc) is 3.18. The zero-order chi connectivity index (χ0) is 15.4. The van der Waals surface area contributed by atoms with E-state index < -0.39 is 0 Å². The minimum absolute atomic E-state index is 0.113. The van der Waals surface area contributed by atoms with Crippen LogP contribution in [0.1, 0.15) is 50.7 Å². The van der Waals surface area contributed by atoms with Crippen LogP contribution in [0, 0.1) is 17.8 Å². The Bertz CT molecular complexity index is 487. The number of hydrogen-bond donors (Lipinski definition) is 1. The van der Waals surface area contributed by atoms with Crippen molar-refractivity contribution in [2.75, 3.05) is 13.2 Å². The molecule has 4 atom stereocenters. The third-order valence-corrected chi connectivity index (χ3v) is 5.33. The average molecular weight is 301 g/mol. The summed E-state index contributed by atoms with van der Waals surface area (Å²) >= 11 is 0.